The van der Waals surface area contributed by atoms with Crippen molar-refractivity contribution in [2.75, 3.05) is 26.2 Å². The van der Waals surface area contributed by atoms with Gasteiger partial charge in [0, 0.05) is 49.8 Å². The molecule has 0 aliphatic carbocycles. The summed E-state index contributed by atoms with van der Waals surface area (Å²) in [5.41, 5.74) is 1.75. The Bertz CT molecular complexity index is 547. The molecule has 20 heavy (non-hydrogen) atoms. The molecule has 0 spiro atoms. The van der Waals surface area contributed by atoms with Gasteiger partial charge in [-0.05, 0) is 24.3 Å². The van der Waals surface area contributed by atoms with Gasteiger partial charge in [0.15, 0.2) is 0 Å². The van der Waals surface area contributed by atoms with E-state index in [1.807, 2.05) is 39.9 Å². The molecule has 3 rings (SSSR count). The molecule has 2 aromatic rings. The Morgan fingerprint density at radius 2 is 1.85 bits per heavy atom. The first kappa shape index (κ1) is 14.6. The van der Waals surface area contributed by atoms with Crippen LogP contribution >= 0.6 is 12.4 Å². The molecule has 5 nitrogen and oxygen atoms in total. The van der Waals surface area contributed by atoms with E-state index in [-0.39, 0.29) is 18.3 Å². The van der Waals surface area contributed by atoms with Gasteiger partial charge in [0.25, 0.3) is 5.91 Å². The molecule has 0 bridgehead atoms. The maximum atomic E-state index is 12.3. The van der Waals surface area contributed by atoms with E-state index in [9.17, 15) is 4.79 Å². The molecule has 1 amide bonds. The highest BCUT2D eigenvalue weighted by atomic mass is 35.5. The Morgan fingerprint density at radius 1 is 1.15 bits per heavy atom. The normalized spacial score (nSPS) is 14.7. The van der Waals surface area contributed by atoms with E-state index in [1.54, 1.807) is 12.5 Å². The van der Waals surface area contributed by atoms with E-state index in [0.717, 1.165) is 37.4 Å². The second kappa shape index (κ2) is 6.54. The Morgan fingerprint density at radius 3 is 2.45 bits per heavy atom. The van der Waals surface area contributed by atoms with Gasteiger partial charge in [0.05, 0.1) is 6.33 Å². The zero-order valence-corrected chi connectivity index (χ0v) is 11.8. The lowest BCUT2D eigenvalue weighted by atomic mass is 10.1. The lowest BCUT2D eigenvalue weighted by molar-refractivity contribution is 0.0736. The summed E-state index contributed by atoms with van der Waals surface area (Å²) in [4.78, 5) is 18.2. The molecule has 0 unspecified atom stereocenters. The smallest absolute Gasteiger partial charge is 0.253 e. The predicted octanol–water partition coefficient (Wildman–Crippen LogP) is 1.34. The first-order chi connectivity index (χ1) is 9.34. The summed E-state index contributed by atoms with van der Waals surface area (Å²) >= 11 is 0. The maximum absolute atomic E-state index is 12.3. The van der Waals surface area contributed by atoms with Crippen molar-refractivity contribution in [2.24, 2.45) is 0 Å². The Hall–Kier alpha value is -1.85. The van der Waals surface area contributed by atoms with Crippen LogP contribution in [0.25, 0.3) is 5.69 Å². The van der Waals surface area contributed by atoms with Crippen LogP contribution in [0.1, 0.15) is 10.4 Å². The van der Waals surface area contributed by atoms with E-state index >= 15 is 0 Å². The van der Waals surface area contributed by atoms with E-state index in [4.69, 9.17) is 0 Å². The molecule has 1 aromatic carbocycles. The molecule has 1 aliphatic heterocycles. The summed E-state index contributed by atoms with van der Waals surface area (Å²) in [5.74, 6) is 0.110. The Balaban J connectivity index is 0.00000147. The molecule has 1 N–H and O–H groups in total. The average molecular weight is 293 g/mol. The van der Waals surface area contributed by atoms with E-state index < -0.39 is 0 Å². The predicted molar refractivity (Wildman–Crippen MR) is 79.6 cm³/mol. The van der Waals surface area contributed by atoms with E-state index in [0.29, 0.717) is 0 Å². The van der Waals surface area contributed by atoms with Crippen molar-refractivity contribution in [1.29, 1.82) is 0 Å². The van der Waals surface area contributed by atoms with Crippen LogP contribution < -0.4 is 5.32 Å². The molecule has 1 saturated heterocycles. The first-order valence-electron chi connectivity index (χ1n) is 6.43. The quantitative estimate of drug-likeness (QED) is 0.909. The number of nitrogens with zero attached hydrogens (tertiary/aromatic N) is 3. The van der Waals surface area contributed by atoms with Gasteiger partial charge in [-0.15, -0.1) is 12.4 Å². The highest BCUT2D eigenvalue weighted by Crippen LogP contribution is 2.11. The average Bonchev–Trinajstić information content (AvgIpc) is 3.02. The van der Waals surface area contributed by atoms with Crippen LogP contribution in [0.2, 0.25) is 0 Å². The van der Waals surface area contributed by atoms with Gasteiger partial charge in [-0.25, -0.2) is 4.98 Å². The second-order valence-electron chi connectivity index (χ2n) is 4.56. The van der Waals surface area contributed by atoms with Gasteiger partial charge >= 0.3 is 0 Å². The SMILES string of the molecule is Cl.O=C(c1ccc(-n2ccnc2)cc1)N1CCNCC1. The highest BCUT2D eigenvalue weighted by molar-refractivity contribution is 5.94. The molecule has 6 heteroatoms. The molecule has 106 valence electrons. The van der Waals surface area contributed by atoms with Gasteiger partial charge in [-0.3, -0.25) is 4.79 Å². The van der Waals surface area contributed by atoms with Crippen molar-refractivity contribution in [3.63, 3.8) is 0 Å². The van der Waals surface area contributed by atoms with Crippen LogP contribution in [0.4, 0.5) is 0 Å². The van der Waals surface area contributed by atoms with Gasteiger partial charge in [0.1, 0.15) is 0 Å². The van der Waals surface area contributed by atoms with E-state index in [1.165, 1.54) is 0 Å². The largest absolute Gasteiger partial charge is 0.336 e. The summed E-state index contributed by atoms with van der Waals surface area (Å²) in [7, 11) is 0. The third kappa shape index (κ3) is 3.00. The molecule has 1 aliphatic rings. The fourth-order valence-electron chi connectivity index (χ4n) is 2.24. The standard InChI is InChI=1S/C14H16N4O.ClH/c19-14(17-8-5-15-6-9-17)12-1-3-13(4-2-12)18-10-7-16-11-18;/h1-4,7,10-11,15H,5-6,8-9H2;1H. The summed E-state index contributed by atoms with van der Waals surface area (Å²) in [5, 5.41) is 3.24. The zero-order valence-electron chi connectivity index (χ0n) is 11.0. The number of nitrogens with one attached hydrogen (secondary N) is 1. The number of carbonyl (C=O) groups is 1. The van der Waals surface area contributed by atoms with Crippen LogP contribution in [0, 0.1) is 0 Å². The van der Waals surface area contributed by atoms with Crippen molar-refractivity contribution in [2.45, 2.75) is 0 Å². The third-order valence-electron chi connectivity index (χ3n) is 3.32. The van der Waals surface area contributed by atoms with Crippen LogP contribution in [0.5, 0.6) is 0 Å². The number of halogens is 1. The van der Waals surface area contributed by atoms with Crippen LogP contribution in [0.3, 0.4) is 0 Å². The maximum Gasteiger partial charge on any atom is 0.253 e. The van der Waals surface area contributed by atoms with E-state index in [2.05, 4.69) is 10.3 Å². The minimum absolute atomic E-state index is 0. The number of carbonyl (C=O) groups excluding carboxylic acids is 1. The molecule has 0 saturated carbocycles. The first-order valence-corrected chi connectivity index (χ1v) is 6.43. The summed E-state index contributed by atoms with van der Waals surface area (Å²) in [6.45, 7) is 3.31. The summed E-state index contributed by atoms with van der Waals surface area (Å²) < 4.78 is 1.92. The van der Waals surface area contributed by atoms with Gasteiger partial charge in [-0.2, -0.15) is 0 Å². The van der Waals surface area contributed by atoms with Crippen molar-refractivity contribution >= 4 is 18.3 Å². The number of amides is 1. The third-order valence-corrected chi connectivity index (χ3v) is 3.32. The lowest BCUT2D eigenvalue weighted by Gasteiger charge is -2.27. The molecule has 1 fully saturated rings. The number of hydrogen-bond donors (Lipinski definition) is 1. The minimum atomic E-state index is 0. The summed E-state index contributed by atoms with van der Waals surface area (Å²) in [6.07, 6.45) is 5.36. The number of hydrogen-bond acceptors (Lipinski definition) is 3. The molecular formula is C14H17ClN4O. The lowest BCUT2D eigenvalue weighted by Crippen LogP contribution is -2.46. The fourth-order valence-corrected chi connectivity index (χ4v) is 2.24. The second-order valence-corrected chi connectivity index (χ2v) is 4.56. The number of rotatable bonds is 2. The van der Waals surface area contributed by atoms with Crippen molar-refractivity contribution in [3.8, 4) is 5.69 Å². The number of aromatic nitrogens is 2. The molecule has 2 heterocycles. The van der Waals surface area contributed by atoms with Crippen molar-refractivity contribution in [3.05, 3.63) is 48.5 Å². The number of piperazine rings is 1. The monoisotopic (exact) mass is 292 g/mol. The highest BCUT2D eigenvalue weighted by Gasteiger charge is 2.17. The molecule has 1 aromatic heterocycles. The van der Waals surface area contributed by atoms with Crippen LogP contribution in [-0.2, 0) is 0 Å². The van der Waals surface area contributed by atoms with Crippen LogP contribution in [-0.4, -0.2) is 46.5 Å². The van der Waals surface area contributed by atoms with Crippen molar-refractivity contribution < 1.29 is 4.79 Å². The Labute approximate surface area is 124 Å². The van der Waals surface area contributed by atoms with Crippen molar-refractivity contribution in [1.82, 2.24) is 19.8 Å². The van der Waals surface area contributed by atoms with Gasteiger partial charge < -0.3 is 14.8 Å². The fraction of sp³-hybridized carbons (Fsp3) is 0.286. The minimum Gasteiger partial charge on any atom is -0.336 e. The van der Waals surface area contributed by atoms with Gasteiger partial charge in [-0.1, -0.05) is 0 Å². The van der Waals surface area contributed by atoms with Gasteiger partial charge in [0.2, 0.25) is 0 Å². The Kier molecular flexibility index (Phi) is 4.76. The summed E-state index contributed by atoms with van der Waals surface area (Å²) in [6, 6.07) is 7.63. The van der Waals surface area contributed by atoms with Crippen LogP contribution in [0.15, 0.2) is 43.0 Å². The number of imidazole rings is 1. The molecular weight excluding hydrogens is 276 g/mol. The topological polar surface area (TPSA) is 50.2 Å². The zero-order chi connectivity index (χ0) is 13.1. The molecule has 0 atom stereocenters. The molecule has 0 radical (unpaired) electrons. The number of benzene rings is 1.